The van der Waals surface area contributed by atoms with Gasteiger partial charge in [-0.3, -0.25) is 0 Å². The second-order valence-electron chi connectivity index (χ2n) is 5.45. The lowest BCUT2D eigenvalue weighted by molar-refractivity contribution is 0.346. The van der Waals surface area contributed by atoms with Gasteiger partial charge in [0.15, 0.2) is 0 Å². The molecule has 1 aromatic carbocycles. The maximum atomic E-state index is 5.87. The zero-order valence-corrected chi connectivity index (χ0v) is 12.4. The van der Waals surface area contributed by atoms with Gasteiger partial charge < -0.3 is 10.3 Å². The van der Waals surface area contributed by atoms with Crippen molar-refractivity contribution in [3.05, 3.63) is 41.8 Å². The van der Waals surface area contributed by atoms with Gasteiger partial charge in [0.1, 0.15) is 5.69 Å². The first kappa shape index (κ1) is 13.7. The highest BCUT2D eigenvalue weighted by molar-refractivity contribution is 5.84. The van der Waals surface area contributed by atoms with Crippen LogP contribution in [0.25, 0.3) is 22.4 Å². The van der Waals surface area contributed by atoms with E-state index in [0.717, 1.165) is 22.2 Å². The molecule has 0 fully saturated rings. The second kappa shape index (κ2) is 5.26. The summed E-state index contributed by atoms with van der Waals surface area (Å²) in [5.74, 6) is 1.08. The molecule has 5 nitrogen and oxygen atoms in total. The molecule has 2 aromatic heterocycles. The molecule has 2 heterocycles. The highest BCUT2D eigenvalue weighted by Crippen LogP contribution is 2.24. The molecule has 3 rings (SSSR count). The average molecular weight is 282 g/mol. The fourth-order valence-electron chi connectivity index (χ4n) is 2.21. The minimum atomic E-state index is -0.0374. The summed E-state index contributed by atoms with van der Waals surface area (Å²) in [4.78, 5) is 9.04. The zero-order valence-electron chi connectivity index (χ0n) is 12.4. The molecular formula is C16H18N4O. The van der Waals surface area contributed by atoms with Gasteiger partial charge in [-0.25, -0.2) is 4.98 Å². The highest BCUT2D eigenvalue weighted by Gasteiger charge is 2.19. The van der Waals surface area contributed by atoms with Crippen molar-refractivity contribution >= 4 is 10.9 Å². The monoisotopic (exact) mass is 282 g/mol. The van der Waals surface area contributed by atoms with Crippen molar-refractivity contribution in [2.45, 2.75) is 32.7 Å². The minimum absolute atomic E-state index is 0.0211. The van der Waals surface area contributed by atoms with Crippen molar-refractivity contribution in [2.24, 2.45) is 5.73 Å². The zero-order chi connectivity index (χ0) is 15.0. The van der Waals surface area contributed by atoms with Gasteiger partial charge in [0.05, 0.1) is 11.4 Å². The summed E-state index contributed by atoms with van der Waals surface area (Å²) >= 11 is 0. The molecule has 0 spiro atoms. The summed E-state index contributed by atoms with van der Waals surface area (Å²) in [6.07, 6.45) is 0. The van der Waals surface area contributed by atoms with E-state index in [9.17, 15) is 0 Å². The van der Waals surface area contributed by atoms with Crippen molar-refractivity contribution in [3.63, 3.8) is 0 Å². The normalized spacial score (nSPS) is 14.3. The third kappa shape index (κ3) is 2.52. The molecule has 2 N–H and O–H groups in total. The number of hydrogen-bond donors (Lipinski definition) is 1. The predicted octanol–water partition coefficient (Wildman–Crippen LogP) is 3.04. The van der Waals surface area contributed by atoms with Crippen molar-refractivity contribution in [3.8, 4) is 11.5 Å². The summed E-state index contributed by atoms with van der Waals surface area (Å²) in [7, 11) is 0. The van der Waals surface area contributed by atoms with Crippen LogP contribution in [0.4, 0.5) is 0 Å². The van der Waals surface area contributed by atoms with Crippen LogP contribution in [0.2, 0.25) is 0 Å². The Balaban J connectivity index is 2.05. The molecule has 108 valence electrons. The number of fused-ring (bicyclic) bond motifs is 1. The van der Waals surface area contributed by atoms with Gasteiger partial charge in [-0.05, 0) is 31.5 Å². The van der Waals surface area contributed by atoms with Gasteiger partial charge in [0.25, 0.3) is 0 Å². The van der Waals surface area contributed by atoms with E-state index in [0.29, 0.717) is 11.7 Å². The van der Waals surface area contributed by atoms with Gasteiger partial charge in [0.2, 0.25) is 11.7 Å². The number of pyridine rings is 1. The SMILES string of the molecule is Cc1cc(-c2noc(C(C)C(C)N)n2)nc2ccccc12. The van der Waals surface area contributed by atoms with Crippen LogP contribution < -0.4 is 5.73 Å². The fraction of sp³-hybridized carbons (Fsp3) is 0.312. The molecule has 0 saturated carbocycles. The van der Waals surface area contributed by atoms with Gasteiger partial charge in [-0.1, -0.05) is 30.3 Å². The van der Waals surface area contributed by atoms with Crippen LogP contribution in [0.1, 0.15) is 31.2 Å². The number of para-hydroxylation sites is 1. The van der Waals surface area contributed by atoms with Gasteiger partial charge in [0, 0.05) is 11.4 Å². The lowest BCUT2D eigenvalue weighted by Gasteiger charge is -2.09. The number of nitrogens with two attached hydrogens (primary N) is 1. The second-order valence-corrected chi connectivity index (χ2v) is 5.45. The minimum Gasteiger partial charge on any atom is -0.339 e. The number of aromatic nitrogens is 3. The van der Waals surface area contributed by atoms with Crippen molar-refractivity contribution in [1.82, 2.24) is 15.1 Å². The largest absolute Gasteiger partial charge is 0.339 e. The van der Waals surface area contributed by atoms with Crippen LogP contribution in [-0.4, -0.2) is 21.2 Å². The van der Waals surface area contributed by atoms with Gasteiger partial charge >= 0.3 is 0 Å². The summed E-state index contributed by atoms with van der Waals surface area (Å²) in [5, 5.41) is 5.17. The summed E-state index contributed by atoms with van der Waals surface area (Å²) in [6, 6.07) is 9.96. The molecule has 21 heavy (non-hydrogen) atoms. The van der Waals surface area contributed by atoms with E-state index >= 15 is 0 Å². The van der Waals surface area contributed by atoms with Crippen molar-refractivity contribution in [2.75, 3.05) is 0 Å². The summed E-state index contributed by atoms with van der Waals surface area (Å²) in [6.45, 7) is 5.95. The van der Waals surface area contributed by atoms with E-state index < -0.39 is 0 Å². The summed E-state index contributed by atoms with van der Waals surface area (Å²) in [5.41, 5.74) is 8.66. The quantitative estimate of drug-likeness (QED) is 0.798. The lowest BCUT2D eigenvalue weighted by Crippen LogP contribution is -2.22. The molecule has 0 aliphatic heterocycles. The van der Waals surface area contributed by atoms with Crippen LogP contribution in [0.5, 0.6) is 0 Å². The maximum Gasteiger partial charge on any atom is 0.231 e. The standard InChI is InChI=1S/C16H18N4O/c1-9-8-14(18-13-7-5-4-6-12(9)13)15-19-16(21-20-15)10(2)11(3)17/h4-8,10-11H,17H2,1-3H3. The topological polar surface area (TPSA) is 77.8 Å². The molecule has 5 heteroatoms. The molecule has 2 unspecified atom stereocenters. The third-order valence-corrected chi connectivity index (χ3v) is 3.77. The first-order valence-corrected chi connectivity index (χ1v) is 7.02. The highest BCUT2D eigenvalue weighted by atomic mass is 16.5. The molecule has 0 aliphatic rings. The molecule has 0 amide bonds. The van der Waals surface area contributed by atoms with E-state index in [4.69, 9.17) is 10.3 Å². The molecule has 2 atom stereocenters. The van der Waals surface area contributed by atoms with E-state index in [2.05, 4.69) is 28.1 Å². The fourth-order valence-corrected chi connectivity index (χ4v) is 2.21. The first-order valence-electron chi connectivity index (χ1n) is 7.02. The molecule has 0 aliphatic carbocycles. The molecule has 3 aromatic rings. The Morgan fingerprint density at radius 1 is 1.14 bits per heavy atom. The predicted molar refractivity (Wildman–Crippen MR) is 81.8 cm³/mol. The molecule has 0 bridgehead atoms. The molecule has 0 radical (unpaired) electrons. The first-order chi connectivity index (χ1) is 10.1. The van der Waals surface area contributed by atoms with Gasteiger partial charge in [-0.2, -0.15) is 4.98 Å². The third-order valence-electron chi connectivity index (χ3n) is 3.77. The lowest BCUT2D eigenvalue weighted by atomic mass is 10.1. The van der Waals surface area contributed by atoms with E-state index in [1.807, 2.05) is 38.1 Å². The Bertz CT molecular complexity index is 779. The van der Waals surface area contributed by atoms with Crippen molar-refractivity contribution < 1.29 is 4.52 Å². The Labute approximate surface area is 123 Å². The van der Waals surface area contributed by atoms with Gasteiger partial charge in [-0.15, -0.1) is 0 Å². The van der Waals surface area contributed by atoms with E-state index in [1.165, 1.54) is 0 Å². The van der Waals surface area contributed by atoms with E-state index in [-0.39, 0.29) is 12.0 Å². The Kier molecular flexibility index (Phi) is 3.43. The number of rotatable bonds is 3. The molecular weight excluding hydrogens is 264 g/mol. The van der Waals surface area contributed by atoms with Crippen molar-refractivity contribution in [1.29, 1.82) is 0 Å². The Morgan fingerprint density at radius 3 is 2.67 bits per heavy atom. The van der Waals surface area contributed by atoms with Crippen LogP contribution >= 0.6 is 0 Å². The molecule has 0 saturated heterocycles. The number of hydrogen-bond acceptors (Lipinski definition) is 5. The van der Waals surface area contributed by atoms with Crippen LogP contribution in [0.15, 0.2) is 34.9 Å². The Morgan fingerprint density at radius 2 is 1.90 bits per heavy atom. The van der Waals surface area contributed by atoms with Crippen LogP contribution in [-0.2, 0) is 0 Å². The Hall–Kier alpha value is -2.27. The van der Waals surface area contributed by atoms with E-state index in [1.54, 1.807) is 0 Å². The average Bonchev–Trinajstić information content (AvgIpc) is 2.96. The number of nitrogens with zero attached hydrogens (tertiary/aromatic N) is 3. The smallest absolute Gasteiger partial charge is 0.231 e. The summed E-state index contributed by atoms with van der Waals surface area (Å²) < 4.78 is 5.31. The van der Waals surface area contributed by atoms with Crippen LogP contribution in [0.3, 0.4) is 0 Å². The maximum absolute atomic E-state index is 5.87. The van der Waals surface area contributed by atoms with Crippen LogP contribution in [0, 0.1) is 6.92 Å². The number of benzene rings is 1. The number of aryl methyl sites for hydroxylation is 1.